The lowest BCUT2D eigenvalue weighted by atomic mass is 9.95. The molecule has 1 aromatic heterocycles. The molecule has 2 fully saturated rings. The van der Waals surface area contributed by atoms with E-state index in [0.29, 0.717) is 25.8 Å². The number of carbonyl (C=O) groups excluding carboxylic acids is 3. The van der Waals surface area contributed by atoms with Crippen molar-refractivity contribution in [2.45, 2.75) is 76.3 Å². The maximum atomic E-state index is 12.6. The maximum absolute atomic E-state index is 12.6. The van der Waals surface area contributed by atoms with Crippen molar-refractivity contribution in [3.63, 3.8) is 0 Å². The summed E-state index contributed by atoms with van der Waals surface area (Å²) in [7, 11) is 0. The van der Waals surface area contributed by atoms with Crippen LogP contribution < -0.4 is 5.32 Å². The molecule has 1 aliphatic carbocycles. The number of nitrogens with zero attached hydrogens (tertiary/aromatic N) is 1. The van der Waals surface area contributed by atoms with Crippen molar-refractivity contribution >= 4 is 28.9 Å². The van der Waals surface area contributed by atoms with Crippen LogP contribution in [0.3, 0.4) is 0 Å². The second-order valence-electron chi connectivity index (χ2n) is 7.34. The number of carbonyl (C=O) groups is 3. The van der Waals surface area contributed by atoms with Crippen molar-refractivity contribution in [2.24, 2.45) is 0 Å². The molecule has 0 aromatic carbocycles. The molecule has 142 valence electrons. The predicted octanol–water partition coefficient (Wildman–Crippen LogP) is 3.54. The quantitative estimate of drug-likeness (QED) is 0.740. The topological polar surface area (TPSA) is 66.5 Å². The Morgan fingerprint density at radius 1 is 1.08 bits per heavy atom. The maximum Gasteiger partial charge on any atom is 0.243 e. The summed E-state index contributed by atoms with van der Waals surface area (Å²) in [5, 5.41) is 5.04. The molecule has 1 N–H and O–H groups in total. The first-order valence-corrected chi connectivity index (χ1v) is 10.7. The summed E-state index contributed by atoms with van der Waals surface area (Å²) in [5.41, 5.74) is 0. The monoisotopic (exact) mass is 376 g/mol. The molecular formula is C20H28N2O3S. The van der Waals surface area contributed by atoms with E-state index in [-0.39, 0.29) is 29.7 Å². The first kappa shape index (κ1) is 19.1. The molecule has 0 spiro atoms. The van der Waals surface area contributed by atoms with Crippen LogP contribution in [-0.4, -0.2) is 41.1 Å². The van der Waals surface area contributed by atoms with Crippen molar-refractivity contribution in [3.8, 4) is 0 Å². The minimum atomic E-state index is -0.322. The molecule has 3 rings (SSSR count). The second-order valence-corrected chi connectivity index (χ2v) is 8.29. The smallest absolute Gasteiger partial charge is 0.243 e. The van der Waals surface area contributed by atoms with Crippen molar-refractivity contribution in [1.29, 1.82) is 0 Å². The Hall–Kier alpha value is -1.69. The molecular weight excluding hydrogens is 348 g/mol. The lowest BCUT2D eigenvalue weighted by Gasteiger charge is -2.28. The number of nitrogens with one attached hydrogen (secondary N) is 1. The van der Waals surface area contributed by atoms with Gasteiger partial charge in [-0.2, -0.15) is 0 Å². The molecule has 1 saturated carbocycles. The third kappa shape index (κ3) is 4.93. The van der Waals surface area contributed by atoms with Gasteiger partial charge in [-0.1, -0.05) is 25.3 Å². The van der Waals surface area contributed by atoms with Crippen LogP contribution in [0.1, 0.15) is 73.9 Å². The average Bonchev–Trinajstić information content (AvgIpc) is 3.34. The third-order valence-electron chi connectivity index (χ3n) is 5.42. The molecule has 1 atom stereocenters. The van der Waals surface area contributed by atoms with Crippen molar-refractivity contribution in [1.82, 2.24) is 10.2 Å². The van der Waals surface area contributed by atoms with Gasteiger partial charge in [0.15, 0.2) is 5.78 Å². The van der Waals surface area contributed by atoms with Gasteiger partial charge in [-0.25, -0.2) is 0 Å². The van der Waals surface area contributed by atoms with Crippen molar-refractivity contribution < 1.29 is 14.4 Å². The zero-order valence-corrected chi connectivity index (χ0v) is 16.1. The first-order chi connectivity index (χ1) is 12.6. The van der Waals surface area contributed by atoms with Crippen LogP contribution in [0.4, 0.5) is 0 Å². The van der Waals surface area contributed by atoms with Gasteiger partial charge >= 0.3 is 0 Å². The Kier molecular flexibility index (Phi) is 6.83. The zero-order valence-electron chi connectivity index (χ0n) is 15.2. The van der Waals surface area contributed by atoms with Gasteiger partial charge in [0.2, 0.25) is 11.8 Å². The van der Waals surface area contributed by atoms with Crippen LogP contribution in [-0.2, 0) is 9.59 Å². The molecule has 1 saturated heterocycles. The minimum absolute atomic E-state index is 0.00488. The SMILES string of the molecule is O=C(CCCC(=O)N1CCC[C@H]1C(=O)NC1CCCCC1)c1cccs1. The molecule has 0 unspecified atom stereocenters. The second kappa shape index (κ2) is 9.31. The van der Waals surface area contributed by atoms with Gasteiger partial charge in [-0.05, 0) is 43.6 Å². The van der Waals surface area contributed by atoms with Crippen LogP contribution in [0.2, 0.25) is 0 Å². The van der Waals surface area contributed by atoms with E-state index < -0.39 is 0 Å². The molecule has 6 heteroatoms. The van der Waals surface area contributed by atoms with Gasteiger partial charge in [0.1, 0.15) is 6.04 Å². The van der Waals surface area contributed by atoms with Crippen LogP contribution in [0, 0.1) is 0 Å². The van der Waals surface area contributed by atoms with E-state index in [9.17, 15) is 14.4 Å². The number of hydrogen-bond acceptors (Lipinski definition) is 4. The van der Waals surface area contributed by atoms with E-state index in [2.05, 4.69) is 5.32 Å². The molecule has 5 nitrogen and oxygen atoms in total. The lowest BCUT2D eigenvalue weighted by molar-refractivity contribution is -0.138. The van der Waals surface area contributed by atoms with E-state index in [1.54, 1.807) is 4.90 Å². The number of rotatable bonds is 7. The normalized spacial score (nSPS) is 20.9. The molecule has 0 bridgehead atoms. The number of Topliss-reactive ketones (excluding diaryl/α,β-unsaturated/α-hetero) is 1. The lowest BCUT2D eigenvalue weighted by Crippen LogP contribution is -2.49. The van der Waals surface area contributed by atoms with Crippen LogP contribution in [0.25, 0.3) is 0 Å². The van der Waals surface area contributed by atoms with E-state index in [1.165, 1.54) is 30.6 Å². The molecule has 0 radical (unpaired) electrons. The Bertz CT molecular complexity index is 623. The van der Waals surface area contributed by atoms with E-state index in [0.717, 1.165) is 30.6 Å². The van der Waals surface area contributed by atoms with Gasteiger partial charge in [0.25, 0.3) is 0 Å². The van der Waals surface area contributed by atoms with Gasteiger partial charge in [0.05, 0.1) is 4.88 Å². The molecule has 2 heterocycles. The largest absolute Gasteiger partial charge is 0.352 e. The fourth-order valence-electron chi connectivity index (χ4n) is 3.99. The molecule has 1 aliphatic heterocycles. The highest BCUT2D eigenvalue weighted by atomic mass is 32.1. The van der Waals surface area contributed by atoms with Gasteiger partial charge in [-0.15, -0.1) is 11.3 Å². The van der Waals surface area contributed by atoms with Gasteiger partial charge in [0, 0.05) is 25.4 Å². The standard InChI is InChI=1S/C20H28N2O3S/c23-17(18-11-6-14-26-18)10-4-12-19(24)22-13-5-9-16(22)20(25)21-15-7-2-1-3-8-15/h6,11,14-16H,1-5,7-10,12-13H2,(H,21,25)/t16-/m0/s1. The Labute approximate surface area is 159 Å². The van der Waals surface area contributed by atoms with Gasteiger partial charge < -0.3 is 10.2 Å². The van der Waals surface area contributed by atoms with E-state index >= 15 is 0 Å². The van der Waals surface area contributed by atoms with Crippen LogP contribution in [0.15, 0.2) is 17.5 Å². The molecule has 2 aliphatic rings. The minimum Gasteiger partial charge on any atom is -0.352 e. The summed E-state index contributed by atoms with van der Waals surface area (Å²) in [6.45, 7) is 0.653. The Morgan fingerprint density at radius 2 is 1.88 bits per heavy atom. The number of hydrogen-bond donors (Lipinski definition) is 1. The third-order valence-corrected chi connectivity index (χ3v) is 6.33. The summed E-state index contributed by atoms with van der Waals surface area (Å²) in [6, 6.07) is 3.64. The highest BCUT2D eigenvalue weighted by Gasteiger charge is 2.34. The Balaban J connectivity index is 1.45. The number of likely N-dealkylation sites (tertiary alicyclic amines) is 1. The summed E-state index contributed by atoms with van der Waals surface area (Å²) in [5.74, 6) is 0.114. The van der Waals surface area contributed by atoms with Gasteiger partial charge in [-0.3, -0.25) is 14.4 Å². The number of thiophene rings is 1. The Morgan fingerprint density at radius 3 is 2.62 bits per heavy atom. The molecule has 1 aromatic rings. The first-order valence-electron chi connectivity index (χ1n) is 9.81. The summed E-state index contributed by atoms with van der Waals surface area (Å²) in [4.78, 5) is 39.7. The predicted molar refractivity (Wildman–Crippen MR) is 102 cm³/mol. The van der Waals surface area contributed by atoms with Crippen LogP contribution in [0.5, 0.6) is 0 Å². The summed E-state index contributed by atoms with van der Waals surface area (Å²) in [6.07, 6.45) is 8.61. The van der Waals surface area contributed by atoms with E-state index in [4.69, 9.17) is 0 Å². The summed E-state index contributed by atoms with van der Waals surface area (Å²) < 4.78 is 0. The van der Waals surface area contributed by atoms with Crippen LogP contribution >= 0.6 is 11.3 Å². The molecule has 2 amide bonds. The number of amides is 2. The highest BCUT2D eigenvalue weighted by molar-refractivity contribution is 7.12. The summed E-state index contributed by atoms with van der Waals surface area (Å²) >= 11 is 1.44. The fraction of sp³-hybridized carbons (Fsp3) is 0.650. The van der Waals surface area contributed by atoms with Crippen molar-refractivity contribution in [2.75, 3.05) is 6.54 Å². The highest BCUT2D eigenvalue weighted by Crippen LogP contribution is 2.22. The zero-order chi connectivity index (χ0) is 18.4. The molecule has 26 heavy (non-hydrogen) atoms. The number of ketones is 1. The fourth-order valence-corrected chi connectivity index (χ4v) is 4.68. The average molecular weight is 377 g/mol. The van der Waals surface area contributed by atoms with E-state index in [1.807, 2.05) is 17.5 Å². The van der Waals surface area contributed by atoms with Crippen molar-refractivity contribution in [3.05, 3.63) is 22.4 Å².